The van der Waals surface area contributed by atoms with Crippen LogP contribution in [0.1, 0.15) is 40.0 Å². The second-order valence-electron chi connectivity index (χ2n) is 2.90. The summed E-state index contributed by atoms with van der Waals surface area (Å²) >= 11 is 0. The van der Waals surface area contributed by atoms with Gasteiger partial charge in [0.15, 0.2) is 0 Å². The van der Waals surface area contributed by atoms with Gasteiger partial charge in [0.25, 0.3) is 0 Å². The van der Waals surface area contributed by atoms with Crippen molar-refractivity contribution in [3.8, 4) is 0 Å². The van der Waals surface area contributed by atoms with E-state index in [1.54, 1.807) is 0 Å². The summed E-state index contributed by atoms with van der Waals surface area (Å²) in [7, 11) is 0. The van der Waals surface area contributed by atoms with Gasteiger partial charge in [-0.15, -0.1) is 0 Å². The summed E-state index contributed by atoms with van der Waals surface area (Å²) in [4.78, 5) is 0. The molecule has 0 rings (SSSR count). The zero-order valence-corrected chi connectivity index (χ0v) is 6.85. The van der Waals surface area contributed by atoms with E-state index in [0.717, 1.165) is 5.92 Å². The minimum atomic E-state index is 0.384. The van der Waals surface area contributed by atoms with Crippen LogP contribution in [-0.2, 0) is 0 Å². The Bertz CT molecular complexity index is 55.6. The molecule has 0 saturated carbocycles. The molecular formula is C8H19N. The third-order valence-electron chi connectivity index (χ3n) is 1.86. The topological polar surface area (TPSA) is 26.0 Å². The van der Waals surface area contributed by atoms with Gasteiger partial charge >= 0.3 is 0 Å². The van der Waals surface area contributed by atoms with Crippen LogP contribution in [0.15, 0.2) is 0 Å². The smallest absolute Gasteiger partial charge is 0.00131 e. The maximum absolute atomic E-state index is 5.64. The molecule has 0 aromatic heterocycles. The van der Waals surface area contributed by atoms with Gasteiger partial charge in [0, 0.05) is 6.04 Å². The van der Waals surface area contributed by atoms with Gasteiger partial charge in [0.2, 0.25) is 0 Å². The highest BCUT2D eigenvalue weighted by Gasteiger charge is 2.04. The van der Waals surface area contributed by atoms with E-state index in [-0.39, 0.29) is 0 Å². The van der Waals surface area contributed by atoms with Crippen LogP contribution in [0.25, 0.3) is 0 Å². The summed E-state index contributed by atoms with van der Waals surface area (Å²) in [6.07, 6.45) is 3.74. The molecule has 1 nitrogen and oxygen atoms in total. The Morgan fingerprint density at radius 3 is 1.78 bits per heavy atom. The monoisotopic (exact) mass is 129 g/mol. The maximum Gasteiger partial charge on any atom is 0.00131 e. The van der Waals surface area contributed by atoms with Crippen molar-refractivity contribution in [3.63, 3.8) is 0 Å². The number of hydrogen-bond donors (Lipinski definition) is 1. The zero-order chi connectivity index (χ0) is 7.28. The minimum absolute atomic E-state index is 0.384. The van der Waals surface area contributed by atoms with Gasteiger partial charge in [0.1, 0.15) is 0 Å². The van der Waals surface area contributed by atoms with Gasteiger partial charge in [-0.2, -0.15) is 0 Å². The molecular weight excluding hydrogens is 110 g/mol. The third-order valence-corrected chi connectivity index (χ3v) is 1.86. The Morgan fingerprint density at radius 2 is 1.67 bits per heavy atom. The SMILES string of the molecule is CCC(CC)CC(C)N. The van der Waals surface area contributed by atoms with Crippen LogP contribution >= 0.6 is 0 Å². The molecule has 0 radical (unpaired) electrons. The molecule has 0 amide bonds. The van der Waals surface area contributed by atoms with E-state index in [1.165, 1.54) is 19.3 Å². The molecule has 0 spiro atoms. The Labute approximate surface area is 58.6 Å². The fourth-order valence-corrected chi connectivity index (χ4v) is 1.15. The highest BCUT2D eigenvalue weighted by molar-refractivity contribution is 4.61. The lowest BCUT2D eigenvalue weighted by atomic mass is 9.96. The van der Waals surface area contributed by atoms with Crippen LogP contribution in [0, 0.1) is 5.92 Å². The summed E-state index contributed by atoms with van der Waals surface area (Å²) in [5.74, 6) is 0.852. The van der Waals surface area contributed by atoms with Crippen molar-refractivity contribution in [1.82, 2.24) is 0 Å². The molecule has 1 heteroatoms. The highest BCUT2D eigenvalue weighted by Crippen LogP contribution is 2.13. The van der Waals surface area contributed by atoms with Crippen LogP contribution in [0.5, 0.6) is 0 Å². The Hall–Kier alpha value is -0.0400. The summed E-state index contributed by atoms with van der Waals surface area (Å²) in [6.45, 7) is 6.55. The molecule has 0 aliphatic rings. The van der Waals surface area contributed by atoms with Crippen molar-refractivity contribution >= 4 is 0 Å². The van der Waals surface area contributed by atoms with Crippen LogP contribution in [0.3, 0.4) is 0 Å². The van der Waals surface area contributed by atoms with Crippen molar-refractivity contribution in [2.75, 3.05) is 0 Å². The Balaban J connectivity index is 3.31. The van der Waals surface area contributed by atoms with Crippen LogP contribution in [0.4, 0.5) is 0 Å². The van der Waals surface area contributed by atoms with Crippen molar-refractivity contribution in [1.29, 1.82) is 0 Å². The van der Waals surface area contributed by atoms with Gasteiger partial charge in [0.05, 0.1) is 0 Å². The first-order valence-corrected chi connectivity index (χ1v) is 3.96. The molecule has 2 N–H and O–H groups in total. The summed E-state index contributed by atoms with van der Waals surface area (Å²) in [6, 6.07) is 0.384. The van der Waals surface area contributed by atoms with E-state index < -0.39 is 0 Å². The van der Waals surface area contributed by atoms with E-state index in [2.05, 4.69) is 20.8 Å². The molecule has 1 unspecified atom stereocenters. The Kier molecular flexibility index (Phi) is 4.78. The average Bonchev–Trinajstić information content (AvgIpc) is 1.82. The van der Waals surface area contributed by atoms with E-state index in [1.807, 2.05) is 0 Å². The molecule has 0 aromatic carbocycles. The largest absolute Gasteiger partial charge is 0.328 e. The van der Waals surface area contributed by atoms with Gasteiger partial charge in [-0.1, -0.05) is 26.7 Å². The zero-order valence-electron chi connectivity index (χ0n) is 6.85. The molecule has 0 fully saturated rings. The van der Waals surface area contributed by atoms with Gasteiger partial charge in [-0.05, 0) is 19.3 Å². The van der Waals surface area contributed by atoms with Crippen molar-refractivity contribution < 1.29 is 0 Å². The van der Waals surface area contributed by atoms with E-state index in [0.29, 0.717) is 6.04 Å². The van der Waals surface area contributed by atoms with Crippen LogP contribution < -0.4 is 5.73 Å². The normalized spacial score (nSPS) is 14.3. The van der Waals surface area contributed by atoms with Crippen molar-refractivity contribution in [2.45, 2.75) is 46.1 Å². The second kappa shape index (κ2) is 4.80. The molecule has 56 valence electrons. The van der Waals surface area contributed by atoms with E-state index >= 15 is 0 Å². The first-order valence-electron chi connectivity index (χ1n) is 3.96. The minimum Gasteiger partial charge on any atom is -0.328 e. The molecule has 1 atom stereocenters. The van der Waals surface area contributed by atoms with Crippen molar-refractivity contribution in [2.24, 2.45) is 11.7 Å². The van der Waals surface area contributed by atoms with Gasteiger partial charge in [-0.25, -0.2) is 0 Å². The fourth-order valence-electron chi connectivity index (χ4n) is 1.15. The lowest BCUT2D eigenvalue weighted by Gasteiger charge is -2.13. The molecule has 0 heterocycles. The first kappa shape index (κ1) is 8.96. The summed E-state index contributed by atoms with van der Waals surface area (Å²) in [5.41, 5.74) is 5.64. The van der Waals surface area contributed by atoms with Crippen LogP contribution in [0.2, 0.25) is 0 Å². The molecule has 9 heavy (non-hydrogen) atoms. The predicted octanol–water partition coefficient (Wildman–Crippen LogP) is 2.16. The Morgan fingerprint density at radius 1 is 1.22 bits per heavy atom. The lowest BCUT2D eigenvalue weighted by Crippen LogP contribution is -2.18. The number of hydrogen-bond acceptors (Lipinski definition) is 1. The summed E-state index contributed by atoms with van der Waals surface area (Å²) in [5, 5.41) is 0. The molecule has 0 aromatic rings. The molecule has 0 aliphatic carbocycles. The predicted molar refractivity (Wildman–Crippen MR) is 42.3 cm³/mol. The van der Waals surface area contributed by atoms with Crippen molar-refractivity contribution in [3.05, 3.63) is 0 Å². The quantitative estimate of drug-likeness (QED) is 0.618. The van der Waals surface area contributed by atoms with Crippen LogP contribution in [-0.4, -0.2) is 6.04 Å². The molecule has 0 saturated heterocycles. The number of rotatable bonds is 4. The highest BCUT2D eigenvalue weighted by atomic mass is 14.6. The van der Waals surface area contributed by atoms with E-state index in [4.69, 9.17) is 5.73 Å². The molecule has 0 aliphatic heterocycles. The lowest BCUT2D eigenvalue weighted by molar-refractivity contribution is 0.421. The summed E-state index contributed by atoms with van der Waals surface area (Å²) < 4.78 is 0. The first-order chi connectivity index (χ1) is 4.20. The second-order valence-corrected chi connectivity index (χ2v) is 2.90. The van der Waals surface area contributed by atoms with Gasteiger partial charge < -0.3 is 5.73 Å². The third kappa shape index (κ3) is 4.46. The van der Waals surface area contributed by atoms with E-state index in [9.17, 15) is 0 Å². The maximum atomic E-state index is 5.64. The average molecular weight is 129 g/mol. The van der Waals surface area contributed by atoms with Gasteiger partial charge in [-0.3, -0.25) is 0 Å². The standard InChI is InChI=1S/C8H19N/c1-4-8(5-2)6-7(3)9/h7-8H,4-6,9H2,1-3H3. The fraction of sp³-hybridized carbons (Fsp3) is 1.00. The molecule has 0 bridgehead atoms. The number of nitrogens with two attached hydrogens (primary N) is 1.